The van der Waals surface area contributed by atoms with Gasteiger partial charge in [-0.3, -0.25) is 0 Å². The fourth-order valence-electron chi connectivity index (χ4n) is 1.45. The molecule has 0 amide bonds. The predicted molar refractivity (Wildman–Crippen MR) is 62.6 cm³/mol. The number of hydrogen-bond donors (Lipinski definition) is 0. The molecule has 0 unspecified atom stereocenters. The molecule has 0 bridgehead atoms. The Kier molecular flexibility index (Phi) is 6.05. The molecule has 1 rings (SSSR count). The molecule has 0 aromatic heterocycles. The van der Waals surface area contributed by atoms with Crippen LogP contribution in [0.2, 0.25) is 0 Å². The quantitative estimate of drug-likeness (QED) is 0.624. The van der Waals surface area contributed by atoms with Crippen molar-refractivity contribution in [3.63, 3.8) is 0 Å². The maximum Gasteiger partial charge on any atom is 0.177 e. The predicted octanol–water partition coefficient (Wildman–Crippen LogP) is 3.22. The first-order chi connectivity index (χ1) is 7.36. The molecule has 0 heterocycles. The van der Waals surface area contributed by atoms with Crippen LogP contribution in [0.4, 0.5) is 0 Å². The minimum atomic E-state index is -0.202. The molecule has 2 heteroatoms. The van der Waals surface area contributed by atoms with E-state index < -0.39 is 0 Å². The van der Waals surface area contributed by atoms with Gasteiger partial charge in [0.2, 0.25) is 0 Å². The zero-order valence-corrected chi connectivity index (χ0v) is 9.61. The third-order valence-electron chi connectivity index (χ3n) is 2.18. The second-order valence-electron chi connectivity index (χ2n) is 3.35. The van der Waals surface area contributed by atoms with Crippen molar-refractivity contribution >= 4 is 0 Å². The monoisotopic (exact) mass is 208 g/mol. The molecule has 0 aliphatic heterocycles. The Morgan fingerprint density at radius 2 is 2.07 bits per heavy atom. The first kappa shape index (κ1) is 12.2. The van der Waals surface area contributed by atoms with Crippen LogP contribution in [0.3, 0.4) is 0 Å². The molecule has 84 valence electrons. The first-order valence-corrected chi connectivity index (χ1v) is 5.64. The summed E-state index contributed by atoms with van der Waals surface area (Å²) in [4.78, 5) is 0. The summed E-state index contributed by atoms with van der Waals surface area (Å²) in [6.45, 7) is 5.30. The minimum absolute atomic E-state index is 0.202. The van der Waals surface area contributed by atoms with E-state index in [2.05, 4.69) is 24.3 Å². The molecule has 0 aromatic rings. The number of allylic oxidation sites excluding steroid dienone is 5. The van der Waals surface area contributed by atoms with Gasteiger partial charge in [-0.25, -0.2) is 0 Å². The SMILES string of the molecule is CCOC(/C=C/C1=CC=CCC1)OCC. The van der Waals surface area contributed by atoms with Crippen LogP contribution in [0, 0.1) is 0 Å². The smallest absolute Gasteiger partial charge is 0.177 e. The van der Waals surface area contributed by atoms with Crippen LogP contribution in [-0.4, -0.2) is 19.5 Å². The highest BCUT2D eigenvalue weighted by molar-refractivity contribution is 5.27. The van der Waals surface area contributed by atoms with Crippen LogP contribution >= 0.6 is 0 Å². The van der Waals surface area contributed by atoms with E-state index in [-0.39, 0.29) is 6.29 Å². The molecular formula is C13H20O2. The van der Waals surface area contributed by atoms with E-state index in [4.69, 9.17) is 9.47 Å². The zero-order valence-electron chi connectivity index (χ0n) is 9.61. The van der Waals surface area contributed by atoms with Crippen LogP contribution in [-0.2, 0) is 9.47 Å². The first-order valence-electron chi connectivity index (χ1n) is 5.64. The van der Waals surface area contributed by atoms with Crippen LogP contribution in [0.25, 0.3) is 0 Å². The average molecular weight is 208 g/mol. The van der Waals surface area contributed by atoms with Gasteiger partial charge in [-0.1, -0.05) is 24.3 Å². The van der Waals surface area contributed by atoms with Gasteiger partial charge in [0.15, 0.2) is 6.29 Å². The van der Waals surface area contributed by atoms with E-state index in [1.807, 2.05) is 19.9 Å². The van der Waals surface area contributed by atoms with Crippen molar-refractivity contribution in [3.05, 3.63) is 36.0 Å². The lowest BCUT2D eigenvalue weighted by Crippen LogP contribution is -2.14. The van der Waals surface area contributed by atoms with E-state index in [0.29, 0.717) is 13.2 Å². The third kappa shape index (κ3) is 4.96. The molecule has 0 spiro atoms. The lowest BCUT2D eigenvalue weighted by Gasteiger charge is -2.13. The Morgan fingerprint density at radius 1 is 1.33 bits per heavy atom. The van der Waals surface area contributed by atoms with Gasteiger partial charge < -0.3 is 9.47 Å². The lowest BCUT2D eigenvalue weighted by atomic mass is 10.1. The Balaban J connectivity index is 2.44. The highest BCUT2D eigenvalue weighted by Crippen LogP contribution is 2.13. The van der Waals surface area contributed by atoms with Gasteiger partial charge in [-0.05, 0) is 38.3 Å². The normalized spacial score (nSPS) is 16.3. The summed E-state index contributed by atoms with van der Waals surface area (Å²) in [7, 11) is 0. The Labute approximate surface area is 92.3 Å². The number of rotatable bonds is 6. The van der Waals surface area contributed by atoms with E-state index >= 15 is 0 Å². The van der Waals surface area contributed by atoms with Gasteiger partial charge in [0.1, 0.15) is 0 Å². The van der Waals surface area contributed by atoms with Gasteiger partial charge in [0.05, 0.1) is 0 Å². The maximum atomic E-state index is 5.42. The van der Waals surface area contributed by atoms with E-state index in [1.54, 1.807) is 0 Å². The Hall–Kier alpha value is -0.860. The van der Waals surface area contributed by atoms with Gasteiger partial charge in [-0.15, -0.1) is 0 Å². The van der Waals surface area contributed by atoms with E-state index in [1.165, 1.54) is 5.57 Å². The van der Waals surface area contributed by atoms with Crippen molar-refractivity contribution in [2.75, 3.05) is 13.2 Å². The zero-order chi connectivity index (χ0) is 10.9. The van der Waals surface area contributed by atoms with Gasteiger partial charge in [0, 0.05) is 13.2 Å². The highest BCUT2D eigenvalue weighted by Gasteiger charge is 2.02. The van der Waals surface area contributed by atoms with Crippen LogP contribution in [0.15, 0.2) is 36.0 Å². The molecule has 1 aliphatic rings. The molecule has 0 N–H and O–H groups in total. The molecule has 0 fully saturated rings. The molecular weight excluding hydrogens is 188 g/mol. The third-order valence-corrected chi connectivity index (χ3v) is 2.18. The summed E-state index contributed by atoms with van der Waals surface area (Å²) in [6, 6.07) is 0. The van der Waals surface area contributed by atoms with Gasteiger partial charge >= 0.3 is 0 Å². The van der Waals surface area contributed by atoms with E-state index in [9.17, 15) is 0 Å². The molecule has 0 saturated heterocycles. The summed E-state index contributed by atoms with van der Waals surface area (Å²) in [5, 5.41) is 0. The summed E-state index contributed by atoms with van der Waals surface area (Å²) >= 11 is 0. The summed E-state index contributed by atoms with van der Waals surface area (Å²) in [6.07, 6.45) is 12.5. The van der Waals surface area contributed by atoms with Crippen molar-refractivity contribution < 1.29 is 9.47 Å². The molecule has 0 atom stereocenters. The maximum absolute atomic E-state index is 5.42. The summed E-state index contributed by atoms with van der Waals surface area (Å²) < 4.78 is 10.8. The molecule has 15 heavy (non-hydrogen) atoms. The summed E-state index contributed by atoms with van der Waals surface area (Å²) in [5.41, 5.74) is 1.34. The Morgan fingerprint density at radius 3 is 2.60 bits per heavy atom. The molecule has 0 saturated carbocycles. The van der Waals surface area contributed by atoms with Crippen molar-refractivity contribution in [3.8, 4) is 0 Å². The number of ether oxygens (including phenoxy) is 2. The van der Waals surface area contributed by atoms with E-state index in [0.717, 1.165) is 12.8 Å². The highest BCUT2D eigenvalue weighted by atomic mass is 16.7. The Bertz CT molecular complexity index is 245. The fraction of sp³-hybridized carbons (Fsp3) is 0.538. The average Bonchev–Trinajstić information content (AvgIpc) is 2.28. The van der Waals surface area contributed by atoms with Crippen molar-refractivity contribution in [2.24, 2.45) is 0 Å². The second-order valence-corrected chi connectivity index (χ2v) is 3.35. The number of hydrogen-bond acceptors (Lipinski definition) is 2. The van der Waals surface area contributed by atoms with Crippen molar-refractivity contribution in [1.82, 2.24) is 0 Å². The molecule has 2 nitrogen and oxygen atoms in total. The lowest BCUT2D eigenvalue weighted by molar-refractivity contribution is -0.103. The molecule has 0 aromatic carbocycles. The van der Waals surface area contributed by atoms with Crippen molar-refractivity contribution in [1.29, 1.82) is 0 Å². The summed E-state index contributed by atoms with van der Waals surface area (Å²) in [5.74, 6) is 0. The second kappa shape index (κ2) is 7.43. The van der Waals surface area contributed by atoms with Crippen LogP contribution < -0.4 is 0 Å². The largest absolute Gasteiger partial charge is 0.349 e. The van der Waals surface area contributed by atoms with Gasteiger partial charge in [-0.2, -0.15) is 0 Å². The van der Waals surface area contributed by atoms with Crippen LogP contribution in [0.1, 0.15) is 26.7 Å². The minimum Gasteiger partial charge on any atom is -0.349 e. The standard InChI is InChI=1S/C13H20O2/c1-3-14-13(15-4-2)11-10-12-8-6-5-7-9-12/h5-6,8,10-11,13H,3-4,7,9H2,1-2H3/b11-10+. The van der Waals surface area contributed by atoms with Gasteiger partial charge in [0.25, 0.3) is 0 Å². The fourth-order valence-corrected chi connectivity index (χ4v) is 1.45. The van der Waals surface area contributed by atoms with Crippen LogP contribution in [0.5, 0.6) is 0 Å². The molecule has 1 aliphatic carbocycles. The van der Waals surface area contributed by atoms with Crippen molar-refractivity contribution in [2.45, 2.75) is 33.0 Å². The molecule has 0 radical (unpaired) electrons. The topological polar surface area (TPSA) is 18.5 Å².